The molecule has 1 unspecified atom stereocenters. The van der Waals surface area contributed by atoms with Crippen LogP contribution < -0.4 is 9.64 Å². The van der Waals surface area contributed by atoms with Crippen molar-refractivity contribution in [2.45, 2.75) is 16.1 Å². The van der Waals surface area contributed by atoms with Crippen LogP contribution in [0.1, 0.15) is 38.1 Å². The number of thioether (sulfide) groups is 1. The molecule has 10 nitrogen and oxygen atoms in total. The van der Waals surface area contributed by atoms with Crippen molar-refractivity contribution in [1.29, 1.82) is 0 Å². The largest absolute Gasteiger partial charge is 0.503 e. The molecule has 1 aliphatic rings. The molecule has 5 aromatic rings. The number of Topliss-reactive ketones (excluding diaryl/α,β-unsaturated/α-hetero) is 1. The van der Waals surface area contributed by atoms with E-state index in [0.29, 0.717) is 37.4 Å². The molecule has 0 fully saturated rings. The summed E-state index contributed by atoms with van der Waals surface area (Å²) >= 11 is 8.55. The number of aromatic nitrogens is 2. The van der Waals surface area contributed by atoms with Crippen LogP contribution in [0.2, 0.25) is 5.02 Å². The summed E-state index contributed by atoms with van der Waals surface area (Å²) in [4.78, 5) is 40.9. The normalized spacial score (nSPS) is 14.8. The molecule has 6 rings (SSSR count). The van der Waals surface area contributed by atoms with Gasteiger partial charge in [-0.3, -0.25) is 14.5 Å². The van der Waals surface area contributed by atoms with Crippen LogP contribution in [0.5, 0.6) is 5.75 Å². The fourth-order valence-corrected chi connectivity index (χ4v) is 6.74. The van der Waals surface area contributed by atoms with Gasteiger partial charge in [0.2, 0.25) is 10.9 Å². The minimum atomic E-state index is -1.10. The summed E-state index contributed by atoms with van der Waals surface area (Å²) in [7, 11) is 2.75. The molecule has 0 spiro atoms. The second-order valence-electron chi connectivity index (χ2n) is 9.54. The average molecular weight is 648 g/mol. The number of hydrogen-bond acceptors (Lipinski definition) is 11. The number of furan rings is 1. The van der Waals surface area contributed by atoms with Crippen LogP contribution in [0.25, 0.3) is 11.0 Å². The number of para-hydroxylation sites is 1. The van der Waals surface area contributed by atoms with Gasteiger partial charge in [0.15, 0.2) is 27.2 Å². The highest BCUT2D eigenvalue weighted by molar-refractivity contribution is 8.00. The topological polar surface area (TPSA) is 132 Å². The summed E-state index contributed by atoms with van der Waals surface area (Å²) in [6.07, 6.45) is 0. The van der Waals surface area contributed by atoms with Gasteiger partial charge in [-0.25, -0.2) is 4.79 Å². The lowest BCUT2D eigenvalue weighted by Crippen LogP contribution is -2.31. The standard InChI is InChI=1S/C31H22ClN3O7S2/c1-40-21-5-3-4-19-14-22(42-27(19)21)25(36)23-24(17-8-10-18(11-9-17)29(39)41-2)35(28(38)26(23)37)30-33-34-31(44-30)43-15-16-6-12-20(32)13-7-16/h3-14,24,37H,15H2,1-2H3. The second-order valence-corrected chi connectivity index (χ2v) is 12.2. The number of ether oxygens (including phenoxy) is 2. The Hall–Kier alpha value is -4.65. The third-order valence-corrected chi connectivity index (χ3v) is 9.31. The molecule has 0 saturated carbocycles. The third kappa shape index (κ3) is 5.43. The van der Waals surface area contributed by atoms with E-state index in [0.717, 1.165) is 16.9 Å². The maximum atomic E-state index is 14.0. The Morgan fingerprint density at radius 2 is 1.82 bits per heavy atom. The molecule has 2 aromatic heterocycles. The molecular weight excluding hydrogens is 626 g/mol. The lowest BCUT2D eigenvalue weighted by Gasteiger charge is -2.24. The zero-order valence-electron chi connectivity index (χ0n) is 23.1. The first-order valence-electron chi connectivity index (χ1n) is 13.1. The number of halogens is 1. The van der Waals surface area contributed by atoms with Crippen molar-refractivity contribution in [2.24, 2.45) is 0 Å². The SMILES string of the molecule is COC(=O)c1ccc(C2C(C(=O)c3cc4cccc(OC)c4o3)=C(O)C(=O)N2c2nnc(SCc3ccc(Cl)cc3)s2)cc1. The second kappa shape index (κ2) is 12.2. The van der Waals surface area contributed by atoms with E-state index in [4.69, 9.17) is 25.5 Å². The highest BCUT2D eigenvalue weighted by atomic mass is 35.5. The monoisotopic (exact) mass is 647 g/mol. The number of rotatable bonds is 9. The molecule has 1 aliphatic heterocycles. The van der Waals surface area contributed by atoms with Crippen LogP contribution in [0.3, 0.4) is 0 Å². The van der Waals surface area contributed by atoms with E-state index in [-0.39, 0.29) is 22.0 Å². The molecule has 0 saturated heterocycles. The molecule has 44 heavy (non-hydrogen) atoms. The number of hydrogen-bond donors (Lipinski definition) is 1. The molecule has 0 aliphatic carbocycles. The number of carbonyl (C=O) groups excluding carboxylic acids is 3. The molecule has 0 bridgehead atoms. The first-order valence-corrected chi connectivity index (χ1v) is 15.2. The Morgan fingerprint density at radius 1 is 1.07 bits per heavy atom. The molecule has 13 heteroatoms. The Morgan fingerprint density at radius 3 is 2.52 bits per heavy atom. The van der Waals surface area contributed by atoms with Gasteiger partial charge >= 0.3 is 5.97 Å². The molecule has 222 valence electrons. The highest BCUT2D eigenvalue weighted by Crippen LogP contribution is 2.44. The Balaban J connectivity index is 1.38. The fraction of sp³-hybridized carbons (Fsp3) is 0.129. The predicted octanol–water partition coefficient (Wildman–Crippen LogP) is 6.81. The number of anilines is 1. The van der Waals surface area contributed by atoms with Gasteiger partial charge in [-0.15, -0.1) is 10.2 Å². The number of ketones is 1. The number of carbonyl (C=O) groups is 3. The van der Waals surface area contributed by atoms with Crippen molar-refractivity contribution in [3.05, 3.63) is 112 Å². The summed E-state index contributed by atoms with van der Waals surface area (Å²) in [5, 5.41) is 21.1. The predicted molar refractivity (Wildman–Crippen MR) is 166 cm³/mol. The minimum Gasteiger partial charge on any atom is -0.503 e. The van der Waals surface area contributed by atoms with Crippen LogP contribution in [0.4, 0.5) is 5.13 Å². The summed E-state index contributed by atoms with van der Waals surface area (Å²) in [6, 6.07) is 19.2. The summed E-state index contributed by atoms with van der Waals surface area (Å²) in [5.74, 6) is -1.89. The number of fused-ring (bicyclic) bond motifs is 1. The number of amides is 1. The quantitative estimate of drug-likeness (QED) is 0.0787. The van der Waals surface area contributed by atoms with Crippen molar-refractivity contribution in [3.63, 3.8) is 0 Å². The summed E-state index contributed by atoms with van der Waals surface area (Å²) < 4.78 is 16.6. The third-order valence-electron chi connectivity index (χ3n) is 6.93. The molecular formula is C31H22ClN3O7S2. The van der Waals surface area contributed by atoms with Gasteiger partial charge in [0.1, 0.15) is 0 Å². The number of nitrogens with zero attached hydrogens (tertiary/aromatic N) is 3. The van der Waals surface area contributed by atoms with Crippen LogP contribution >= 0.6 is 34.7 Å². The van der Waals surface area contributed by atoms with E-state index in [1.807, 2.05) is 12.1 Å². The molecule has 3 heterocycles. The molecule has 3 aromatic carbocycles. The Kier molecular flexibility index (Phi) is 8.13. The first-order chi connectivity index (χ1) is 21.3. The molecule has 1 amide bonds. The fourth-order valence-electron chi connectivity index (χ4n) is 4.79. The zero-order chi connectivity index (χ0) is 31.0. The lowest BCUT2D eigenvalue weighted by molar-refractivity contribution is -0.117. The van der Waals surface area contributed by atoms with Crippen LogP contribution in [-0.2, 0) is 15.3 Å². The first kappa shape index (κ1) is 29.4. The van der Waals surface area contributed by atoms with Gasteiger partial charge in [0.25, 0.3) is 5.91 Å². The average Bonchev–Trinajstić information content (AvgIpc) is 3.76. The Bertz CT molecular complexity index is 1930. The van der Waals surface area contributed by atoms with E-state index >= 15 is 0 Å². The van der Waals surface area contributed by atoms with Gasteiger partial charge in [-0.05, 0) is 47.5 Å². The van der Waals surface area contributed by atoms with Gasteiger partial charge in [-0.1, -0.05) is 71.1 Å². The van der Waals surface area contributed by atoms with Gasteiger partial charge < -0.3 is 19.0 Å². The zero-order valence-corrected chi connectivity index (χ0v) is 25.5. The Labute approximate surface area is 263 Å². The smallest absolute Gasteiger partial charge is 0.337 e. The maximum Gasteiger partial charge on any atom is 0.337 e. The van der Waals surface area contributed by atoms with Crippen LogP contribution in [0, 0.1) is 0 Å². The van der Waals surface area contributed by atoms with Crippen molar-refractivity contribution >= 4 is 68.5 Å². The highest BCUT2D eigenvalue weighted by Gasteiger charge is 2.47. The molecule has 1 N–H and O–H groups in total. The molecule has 0 radical (unpaired) electrons. The van der Waals surface area contributed by atoms with E-state index in [9.17, 15) is 19.5 Å². The van der Waals surface area contributed by atoms with Crippen molar-refractivity contribution in [3.8, 4) is 5.75 Å². The van der Waals surface area contributed by atoms with E-state index in [1.165, 1.54) is 49.1 Å². The number of methoxy groups -OCH3 is 2. The van der Waals surface area contributed by atoms with Crippen molar-refractivity contribution < 1.29 is 33.4 Å². The minimum absolute atomic E-state index is 0.0895. The van der Waals surface area contributed by atoms with E-state index in [1.54, 1.807) is 42.5 Å². The number of benzene rings is 3. The van der Waals surface area contributed by atoms with Gasteiger partial charge in [0.05, 0.1) is 31.4 Å². The van der Waals surface area contributed by atoms with E-state index < -0.39 is 29.5 Å². The number of aliphatic hydroxyl groups is 1. The van der Waals surface area contributed by atoms with Gasteiger partial charge in [-0.2, -0.15) is 0 Å². The van der Waals surface area contributed by atoms with Crippen LogP contribution in [0.15, 0.2) is 92.9 Å². The van der Waals surface area contributed by atoms with Crippen LogP contribution in [-0.4, -0.2) is 47.2 Å². The number of aliphatic hydroxyl groups excluding tert-OH is 1. The maximum absolute atomic E-state index is 14.0. The summed E-state index contributed by atoms with van der Waals surface area (Å²) in [5.41, 5.74) is 1.88. The summed E-state index contributed by atoms with van der Waals surface area (Å²) in [6.45, 7) is 0. The number of esters is 1. The van der Waals surface area contributed by atoms with Crippen molar-refractivity contribution in [1.82, 2.24) is 10.2 Å². The lowest BCUT2D eigenvalue weighted by atomic mass is 9.94. The van der Waals surface area contributed by atoms with E-state index in [2.05, 4.69) is 10.2 Å². The molecule has 1 atom stereocenters. The van der Waals surface area contributed by atoms with Crippen molar-refractivity contribution in [2.75, 3.05) is 19.1 Å². The van der Waals surface area contributed by atoms with Gasteiger partial charge in [0, 0.05) is 16.2 Å².